The molecule has 0 heterocycles. The zero-order chi connectivity index (χ0) is 19.2. The smallest absolute Gasteiger partial charge is 0.0695 e. The molecule has 6 rings (SSSR count). The zero-order valence-corrected chi connectivity index (χ0v) is 18.5. The van der Waals surface area contributed by atoms with E-state index in [1.54, 1.807) is 0 Å². The fourth-order valence-electron chi connectivity index (χ4n) is 5.06. The molecule has 0 aromatic heterocycles. The van der Waals surface area contributed by atoms with Gasteiger partial charge in [-0.05, 0) is 108 Å². The zero-order valence-electron chi connectivity index (χ0n) is 16.9. The molecule has 0 radical (unpaired) electrons. The Labute approximate surface area is 170 Å². The Morgan fingerprint density at radius 3 is 1.07 bits per heavy atom. The summed E-state index contributed by atoms with van der Waals surface area (Å²) in [6.07, 6.45) is 0. The van der Waals surface area contributed by atoms with E-state index in [-0.39, 0.29) is 4.32 Å². The topological polar surface area (TPSA) is 0 Å². The van der Waals surface area contributed by atoms with Gasteiger partial charge in [0.15, 0.2) is 0 Å². The summed E-state index contributed by atoms with van der Waals surface area (Å²) in [6.45, 7) is 13.4. The van der Waals surface area contributed by atoms with Crippen molar-refractivity contribution < 1.29 is 0 Å². The second kappa shape index (κ2) is 5.35. The van der Waals surface area contributed by atoms with Crippen LogP contribution in [0.1, 0.15) is 72.7 Å². The average molecular weight is 417 g/mol. The summed E-state index contributed by atoms with van der Waals surface area (Å²) >= 11 is 4.31. The van der Waals surface area contributed by atoms with Gasteiger partial charge in [-0.3, -0.25) is 0 Å². The molecule has 136 valence electrons. The lowest BCUT2D eigenvalue weighted by Crippen LogP contribution is -2.38. The van der Waals surface area contributed by atoms with Crippen molar-refractivity contribution in [1.82, 2.24) is 0 Å². The van der Waals surface area contributed by atoms with Crippen molar-refractivity contribution in [1.29, 1.82) is 0 Å². The van der Waals surface area contributed by atoms with E-state index in [0.29, 0.717) is 5.92 Å². The van der Waals surface area contributed by atoms with Crippen LogP contribution in [0.2, 0.25) is 0 Å². The lowest BCUT2D eigenvalue weighted by Gasteiger charge is -2.48. The summed E-state index contributed by atoms with van der Waals surface area (Å²) in [5.41, 5.74) is 17.0. The molecule has 3 aromatic rings. The Kier molecular flexibility index (Phi) is 3.42. The molecule has 0 saturated carbocycles. The standard InChI is InChI=1S/C26H25Br/c1-13-7-19-22(10-16(13)4)26(27)23-11-17(5)14(2)8-20(23)25(19)21-9-15(3)18(6)12-24(21)26/h7-12,25H,1-6H3. The van der Waals surface area contributed by atoms with Crippen LogP contribution in [-0.4, -0.2) is 0 Å². The molecule has 0 N–H and O–H groups in total. The van der Waals surface area contributed by atoms with Gasteiger partial charge in [0.1, 0.15) is 4.32 Å². The second-order valence-electron chi connectivity index (χ2n) is 8.66. The van der Waals surface area contributed by atoms with Crippen LogP contribution in [0.5, 0.6) is 0 Å². The van der Waals surface area contributed by atoms with Crippen molar-refractivity contribution in [2.75, 3.05) is 0 Å². The largest absolute Gasteiger partial charge is 0.101 e. The van der Waals surface area contributed by atoms with Gasteiger partial charge in [-0.15, -0.1) is 0 Å². The molecule has 0 fully saturated rings. The third-order valence-corrected chi connectivity index (χ3v) is 8.33. The monoisotopic (exact) mass is 416 g/mol. The predicted molar refractivity (Wildman–Crippen MR) is 118 cm³/mol. The van der Waals surface area contributed by atoms with Crippen LogP contribution in [0.3, 0.4) is 0 Å². The van der Waals surface area contributed by atoms with E-state index in [2.05, 4.69) is 93.9 Å². The highest BCUT2D eigenvalue weighted by atomic mass is 79.9. The number of rotatable bonds is 0. The molecule has 3 aliphatic carbocycles. The predicted octanol–water partition coefficient (Wildman–Crippen LogP) is 7.03. The van der Waals surface area contributed by atoms with E-state index in [1.807, 2.05) is 0 Å². The van der Waals surface area contributed by atoms with E-state index >= 15 is 0 Å². The van der Waals surface area contributed by atoms with E-state index in [1.165, 1.54) is 66.8 Å². The highest BCUT2D eigenvalue weighted by molar-refractivity contribution is 9.10. The summed E-state index contributed by atoms with van der Waals surface area (Å²) < 4.78 is -0.253. The molecule has 27 heavy (non-hydrogen) atoms. The van der Waals surface area contributed by atoms with Crippen molar-refractivity contribution in [3.05, 3.63) is 103 Å². The third kappa shape index (κ3) is 2.04. The summed E-state index contributed by atoms with van der Waals surface area (Å²) in [7, 11) is 0. The van der Waals surface area contributed by atoms with Gasteiger partial charge in [-0.1, -0.05) is 52.3 Å². The number of benzene rings is 3. The first-order valence-electron chi connectivity index (χ1n) is 9.77. The van der Waals surface area contributed by atoms with Gasteiger partial charge in [-0.25, -0.2) is 0 Å². The highest BCUT2D eigenvalue weighted by Crippen LogP contribution is 2.62. The van der Waals surface area contributed by atoms with E-state index in [0.717, 1.165) is 0 Å². The third-order valence-electron chi connectivity index (χ3n) is 7.04. The fraction of sp³-hybridized carbons (Fsp3) is 0.308. The minimum Gasteiger partial charge on any atom is -0.0695 e. The summed E-state index contributed by atoms with van der Waals surface area (Å²) in [6, 6.07) is 14.6. The molecular formula is C26H25Br. The molecule has 0 nitrogen and oxygen atoms in total. The number of aryl methyl sites for hydroxylation is 6. The second-order valence-corrected chi connectivity index (χ2v) is 9.85. The molecule has 0 spiro atoms. The van der Waals surface area contributed by atoms with E-state index in [9.17, 15) is 0 Å². The minimum absolute atomic E-state index is 0.253. The van der Waals surface area contributed by atoms with Gasteiger partial charge in [-0.2, -0.15) is 0 Å². The van der Waals surface area contributed by atoms with Gasteiger partial charge in [0.25, 0.3) is 0 Å². The van der Waals surface area contributed by atoms with Crippen LogP contribution in [0.25, 0.3) is 0 Å². The number of hydrogen-bond donors (Lipinski definition) is 0. The Hall–Kier alpha value is -1.86. The number of hydrogen-bond acceptors (Lipinski definition) is 0. The number of halogens is 1. The molecule has 0 atom stereocenters. The molecule has 0 amide bonds. The molecule has 1 heteroatoms. The summed E-state index contributed by atoms with van der Waals surface area (Å²) in [5, 5.41) is 0. The van der Waals surface area contributed by atoms with Crippen molar-refractivity contribution in [2.24, 2.45) is 0 Å². The van der Waals surface area contributed by atoms with Gasteiger partial charge in [0, 0.05) is 5.92 Å². The molecule has 2 bridgehead atoms. The van der Waals surface area contributed by atoms with Crippen LogP contribution in [-0.2, 0) is 4.32 Å². The van der Waals surface area contributed by atoms with E-state index in [4.69, 9.17) is 0 Å². The maximum absolute atomic E-state index is 4.31. The molecule has 3 aromatic carbocycles. The van der Waals surface area contributed by atoms with Crippen LogP contribution < -0.4 is 0 Å². The average Bonchev–Trinajstić information content (AvgIpc) is 2.60. The molecule has 3 aliphatic rings. The minimum atomic E-state index is -0.253. The van der Waals surface area contributed by atoms with Crippen LogP contribution in [0.4, 0.5) is 0 Å². The first kappa shape index (κ1) is 17.3. The maximum atomic E-state index is 4.31. The lowest BCUT2D eigenvalue weighted by atomic mass is 9.59. The maximum Gasteiger partial charge on any atom is 0.101 e. The van der Waals surface area contributed by atoms with E-state index < -0.39 is 0 Å². The number of alkyl halides is 1. The quantitative estimate of drug-likeness (QED) is 0.345. The first-order chi connectivity index (χ1) is 12.7. The van der Waals surface area contributed by atoms with Gasteiger partial charge >= 0.3 is 0 Å². The SMILES string of the molecule is Cc1cc2c(cc1C)C1(Br)c3cc(C)c(C)cc3C2c2cc(C)c(C)cc21. The lowest BCUT2D eigenvalue weighted by molar-refractivity contribution is 0.717. The molecular weight excluding hydrogens is 392 g/mol. The first-order valence-corrected chi connectivity index (χ1v) is 10.6. The van der Waals surface area contributed by atoms with Crippen molar-refractivity contribution in [3.63, 3.8) is 0 Å². The van der Waals surface area contributed by atoms with Crippen molar-refractivity contribution in [3.8, 4) is 0 Å². The normalized spacial score (nSPS) is 21.7. The van der Waals surface area contributed by atoms with Gasteiger partial charge in [0.2, 0.25) is 0 Å². The van der Waals surface area contributed by atoms with Gasteiger partial charge in [0.05, 0.1) is 0 Å². The highest BCUT2D eigenvalue weighted by Gasteiger charge is 2.50. The summed E-state index contributed by atoms with van der Waals surface area (Å²) in [5.74, 6) is 0.335. The van der Waals surface area contributed by atoms with Crippen molar-refractivity contribution in [2.45, 2.75) is 51.8 Å². The van der Waals surface area contributed by atoms with Crippen LogP contribution >= 0.6 is 15.9 Å². The van der Waals surface area contributed by atoms with Gasteiger partial charge < -0.3 is 0 Å². The summed E-state index contributed by atoms with van der Waals surface area (Å²) in [4.78, 5) is 0. The van der Waals surface area contributed by atoms with Crippen LogP contribution in [0, 0.1) is 41.5 Å². The molecule has 0 saturated heterocycles. The Morgan fingerprint density at radius 2 is 0.778 bits per heavy atom. The Morgan fingerprint density at radius 1 is 0.519 bits per heavy atom. The Balaban J connectivity index is 1.97. The molecule has 0 aliphatic heterocycles. The molecule has 0 unspecified atom stereocenters. The van der Waals surface area contributed by atoms with Crippen LogP contribution in [0.15, 0.2) is 36.4 Å². The Bertz CT molecular complexity index is 1010. The fourth-order valence-corrected chi connectivity index (χ4v) is 6.10. The van der Waals surface area contributed by atoms with Crippen molar-refractivity contribution >= 4 is 15.9 Å².